The predicted molar refractivity (Wildman–Crippen MR) is 91.1 cm³/mol. The van der Waals surface area contributed by atoms with Gasteiger partial charge in [0.15, 0.2) is 0 Å². The van der Waals surface area contributed by atoms with Crippen molar-refractivity contribution in [1.29, 1.82) is 0 Å². The smallest absolute Gasteiger partial charge is 0.352 e. The lowest BCUT2D eigenvalue weighted by Gasteiger charge is -2.11. The molecule has 0 aliphatic carbocycles. The van der Waals surface area contributed by atoms with Crippen molar-refractivity contribution in [2.24, 2.45) is 0 Å². The van der Waals surface area contributed by atoms with Crippen LogP contribution in [0.5, 0.6) is 0 Å². The van der Waals surface area contributed by atoms with Crippen LogP contribution in [0.1, 0.15) is 34.5 Å². The Morgan fingerprint density at radius 3 is 2.67 bits per heavy atom. The van der Waals surface area contributed by atoms with E-state index in [9.17, 15) is 14.4 Å². The number of fused-ring (bicyclic) bond motifs is 1. The lowest BCUT2D eigenvalue weighted by atomic mass is 9.96. The molecule has 24 heavy (non-hydrogen) atoms. The fourth-order valence-electron chi connectivity index (χ4n) is 2.49. The van der Waals surface area contributed by atoms with E-state index >= 15 is 0 Å². The summed E-state index contributed by atoms with van der Waals surface area (Å²) >= 11 is 5.97. The van der Waals surface area contributed by atoms with Gasteiger partial charge >= 0.3 is 11.7 Å². The number of benzene rings is 1. The maximum absolute atomic E-state index is 10.5. The Morgan fingerprint density at radius 1 is 1.25 bits per heavy atom. The average Bonchev–Trinajstić information content (AvgIpc) is 2.69. The molecule has 2 heterocycles. The first-order valence-corrected chi connectivity index (χ1v) is 7.80. The van der Waals surface area contributed by atoms with E-state index in [1.54, 1.807) is 0 Å². The van der Waals surface area contributed by atoms with E-state index in [0.29, 0.717) is 5.92 Å². The van der Waals surface area contributed by atoms with Gasteiger partial charge in [-0.3, -0.25) is 9.78 Å². The van der Waals surface area contributed by atoms with E-state index in [1.807, 2.05) is 16.0 Å². The summed E-state index contributed by atoms with van der Waals surface area (Å²) in [7, 11) is 0. The normalized spacial score (nSPS) is 16.3. The van der Waals surface area contributed by atoms with E-state index in [0.717, 1.165) is 30.6 Å². The number of carboxylic acids is 1. The number of rotatable bonds is 1. The van der Waals surface area contributed by atoms with Crippen LogP contribution in [0, 0.1) is 0 Å². The number of nitrogens with one attached hydrogen (secondary N) is 3. The number of aromatic nitrogens is 2. The standard InChI is InChI=1S/C11H14ClN.C5H4N2O4/c1-8-7-13-5-4-9-2-3-10(12)6-11(8)9;8-3-1-2(4(9)10)6-5(11)7-3/h2-3,6,8,13H,4-5,7H2,1H3;1H,(H,9,10)(H2,6,7,8,11)/t8-;/m0./s1. The molecule has 0 amide bonds. The molecule has 0 spiro atoms. The van der Waals surface area contributed by atoms with Crippen LogP contribution in [0.25, 0.3) is 0 Å². The van der Waals surface area contributed by atoms with E-state index < -0.39 is 22.9 Å². The summed E-state index contributed by atoms with van der Waals surface area (Å²) in [5.41, 5.74) is 0.888. The summed E-state index contributed by atoms with van der Waals surface area (Å²) < 4.78 is 0. The predicted octanol–water partition coefficient (Wildman–Crippen LogP) is 1.35. The van der Waals surface area contributed by atoms with Crippen LogP contribution in [0.2, 0.25) is 5.02 Å². The summed E-state index contributed by atoms with van der Waals surface area (Å²) in [6.45, 7) is 4.39. The average molecular weight is 352 g/mol. The van der Waals surface area contributed by atoms with Crippen molar-refractivity contribution in [2.75, 3.05) is 13.1 Å². The van der Waals surface area contributed by atoms with Crippen LogP contribution < -0.4 is 16.6 Å². The highest BCUT2D eigenvalue weighted by molar-refractivity contribution is 6.30. The molecular weight excluding hydrogens is 334 g/mol. The highest BCUT2D eigenvalue weighted by Gasteiger charge is 2.14. The maximum Gasteiger partial charge on any atom is 0.352 e. The molecule has 0 saturated carbocycles. The Balaban J connectivity index is 0.000000177. The van der Waals surface area contributed by atoms with Gasteiger partial charge in [0.25, 0.3) is 5.56 Å². The van der Waals surface area contributed by atoms with Crippen molar-refractivity contribution in [1.82, 2.24) is 15.3 Å². The Bertz CT molecular complexity index is 815. The molecule has 0 fully saturated rings. The van der Waals surface area contributed by atoms with E-state index in [-0.39, 0.29) is 0 Å². The number of aromatic carboxylic acids is 1. The minimum atomic E-state index is -1.34. The molecule has 3 rings (SSSR count). The van der Waals surface area contributed by atoms with Crippen LogP contribution in [0.15, 0.2) is 33.9 Å². The van der Waals surface area contributed by atoms with Crippen LogP contribution in [0.4, 0.5) is 0 Å². The van der Waals surface area contributed by atoms with E-state index in [2.05, 4.69) is 24.4 Å². The highest BCUT2D eigenvalue weighted by Crippen LogP contribution is 2.25. The molecule has 0 radical (unpaired) electrons. The first-order valence-electron chi connectivity index (χ1n) is 7.43. The van der Waals surface area contributed by atoms with Crippen LogP contribution in [-0.4, -0.2) is 34.1 Å². The van der Waals surface area contributed by atoms with Crippen LogP contribution in [-0.2, 0) is 6.42 Å². The third-order valence-electron chi connectivity index (χ3n) is 3.65. The number of H-pyrrole nitrogens is 2. The zero-order valence-corrected chi connectivity index (χ0v) is 13.8. The van der Waals surface area contributed by atoms with Gasteiger partial charge in [0.2, 0.25) is 0 Å². The van der Waals surface area contributed by atoms with Crippen LogP contribution >= 0.6 is 11.6 Å². The molecule has 7 nitrogen and oxygen atoms in total. The SMILES string of the molecule is C[C@H]1CNCCc2ccc(Cl)cc21.O=C(O)c1cc(=O)[nH]c(=O)[nH]1. The molecule has 1 aliphatic rings. The minimum Gasteiger partial charge on any atom is -0.477 e. The number of hydrogen-bond donors (Lipinski definition) is 4. The van der Waals surface area contributed by atoms with E-state index in [1.165, 1.54) is 11.1 Å². The number of aromatic amines is 2. The molecule has 1 aromatic heterocycles. The second kappa shape index (κ2) is 7.94. The van der Waals surface area contributed by atoms with Gasteiger partial charge in [-0.05, 0) is 42.1 Å². The fourth-order valence-corrected chi connectivity index (χ4v) is 2.67. The molecule has 1 aromatic carbocycles. The Kier molecular flexibility index (Phi) is 5.94. The summed E-state index contributed by atoms with van der Waals surface area (Å²) in [5.74, 6) is -0.760. The lowest BCUT2D eigenvalue weighted by Crippen LogP contribution is -2.24. The molecule has 128 valence electrons. The third-order valence-corrected chi connectivity index (χ3v) is 3.89. The highest BCUT2D eigenvalue weighted by atomic mass is 35.5. The van der Waals surface area contributed by atoms with Crippen LogP contribution in [0.3, 0.4) is 0 Å². The quantitative estimate of drug-likeness (QED) is 0.619. The second-order valence-corrected chi connectivity index (χ2v) is 5.94. The Morgan fingerprint density at radius 2 is 2.00 bits per heavy atom. The molecule has 4 N–H and O–H groups in total. The lowest BCUT2D eigenvalue weighted by molar-refractivity contribution is 0.0689. The molecule has 1 atom stereocenters. The number of carbonyl (C=O) groups is 1. The van der Waals surface area contributed by atoms with Gasteiger partial charge in [-0.25, -0.2) is 9.59 Å². The molecule has 2 aromatic rings. The topological polar surface area (TPSA) is 115 Å². The maximum atomic E-state index is 10.5. The second-order valence-electron chi connectivity index (χ2n) is 5.50. The minimum absolute atomic E-state index is 0.418. The van der Waals surface area contributed by atoms with Crippen molar-refractivity contribution in [2.45, 2.75) is 19.3 Å². The van der Waals surface area contributed by atoms with Crippen molar-refractivity contribution in [3.8, 4) is 0 Å². The molecule has 0 saturated heterocycles. The molecular formula is C16H18ClN3O4. The summed E-state index contributed by atoms with van der Waals surface area (Å²) in [6.07, 6.45) is 1.12. The number of hydrogen-bond acceptors (Lipinski definition) is 4. The molecule has 8 heteroatoms. The summed E-state index contributed by atoms with van der Waals surface area (Å²) in [5, 5.41) is 12.6. The molecule has 0 bridgehead atoms. The van der Waals surface area contributed by atoms with Gasteiger partial charge in [0.05, 0.1) is 0 Å². The van der Waals surface area contributed by atoms with Gasteiger partial charge < -0.3 is 15.4 Å². The first kappa shape index (κ1) is 18.0. The van der Waals surface area contributed by atoms with Gasteiger partial charge in [-0.1, -0.05) is 24.6 Å². The summed E-state index contributed by atoms with van der Waals surface area (Å²) in [6, 6.07) is 7.04. The van der Waals surface area contributed by atoms with Crippen molar-refractivity contribution < 1.29 is 9.90 Å². The van der Waals surface area contributed by atoms with E-state index in [4.69, 9.17) is 16.7 Å². The molecule has 0 unspecified atom stereocenters. The van der Waals surface area contributed by atoms with Gasteiger partial charge in [0, 0.05) is 17.6 Å². The van der Waals surface area contributed by atoms with Gasteiger partial charge in [-0.15, -0.1) is 0 Å². The largest absolute Gasteiger partial charge is 0.477 e. The van der Waals surface area contributed by atoms with Crippen molar-refractivity contribution in [3.05, 3.63) is 66.9 Å². The molecule has 1 aliphatic heterocycles. The van der Waals surface area contributed by atoms with Crippen molar-refractivity contribution in [3.63, 3.8) is 0 Å². The number of carboxylic acid groups (broad SMARTS) is 1. The number of halogens is 1. The van der Waals surface area contributed by atoms with Gasteiger partial charge in [0.1, 0.15) is 5.69 Å². The Labute approximate surface area is 142 Å². The third kappa shape index (κ3) is 4.81. The monoisotopic (exact) mass is 351 g/mol. The fraction of sp³-hybridized carbons (Fsp3) is 0.312. The Hall–Kier alpha value is -2.38. The van der Waals surface area contributed by atoms with Gasteiger partial charge in [-0.2, -0.15) is 0 Å². The zero-order chi connectivity index (χ0) is 17.7. The van der Waals surface area contributed by atoms with Crippen molar-refractivity contribution >= 4 is 17.6 Å². The zero-order valence-electron chi connectivity index (χ0n) is 13.1. The summed E-state index contributed by atoms with van der Waals surface area (Å²) in [4.78, 5) is 34.9. The first-order chi connectivity index (χ1) is 11.4.